The Kier molecular flexibility index (Phi) is 3.32. The smallest absolute Gasteiger partial charge is 0.146 e. The lowest BCUT2D eigenvalue weighted by Gasteiger charge is -2.08. The Hall–Kier alpha value is -1.98. The van der Waals surface area contributed by atoms with Gasteiger partial charge in [-0.2, -0.15) is 5.26 Å². The van der Waals surface area contributed by atoms with Crippen LogP contribution in [0.1, 0.15) is 11.1 Å². The zero-order valence-corrected chi connectivity index (χ0v) is 10.0. The molecule has 0 aliphatic heterocycles. The lowest BCUT2D eigenvalue weighted by Crippen LogP contribution is -1.86. The van der Waals surface area contributed by atoms with Crippen molar-refractivity contribution in [2.45, 2.75) is 6.92 Å². The van der Waals surface area contributed by atoms with Crippen LogP contribution in [0.15, 0.2) is 42.5 Å². The SMILES string of the molecule is Cc1ccc(Oc2cccc(C#N)c2)c(Cl)c1. The summed E-state index contributed by atoms with van der Waals surface area (Å²) in [5, 5.41) is 9.35. The van der Waals surface area contributed by atoms with E-state index in [1.54, 1.807) is 24.3 Å². The number of nitrogens with zero attached hydrogens (tertiary/aromatic N) is 1. The maximum atomic E-state index is 8.79. The molecule has 2 rings (SSSR count). The van der Waals surface area contributed by atoms with Crippen molar-refractivity contribution in [3.63, 3.8) is 0 Å². The predicted octanol–water partition coefficient (Wildman–Crippen LogP) is 4.31. The van der Waals surface area contributed by atoms with E-state index in [2.05, 4.69) is 6.07 Å². The van der Waals surface area contributed by atoms with Crippen molar-refractivity contribution in [1.29, 1.82) is 5.26 Å². The Balaban J connectivity index is 2.28. The minimum Gasteiger partial charge on any atom is -0.456 e. The molecule has 0 fully saturated rings. The van der Waals surface area contributed by atoms with Gasteiger partial charge in [0.05, 0.1) is 16.7 Å². The van der Waals surface area contributed by atoms with E-state index in [1.807, 2.05) is 25.1 Å². The molecule has 2 aromatic carbocycles. The number of halogens is 1. The molecular weight excluding hydrogens is 234 g/mol. The highest BCUT2D eigenvalue weighted by Crippen LogP contribution is 2.30. The Morgan fingerprint density at radius 1 is 1.18 bits per heavy atom. The zero-order chi connectivity index (χ0) is 12.3. The number of nitriles is 1. The molecule has 0 amide bonds. The molecule has 0 bridgehead atoms. The van der Waals surface area contributed by atoms with Crippen LogP contribution in [0.2, 0.25) is 5.02 Å². The maximum Gasteiger partial charge on any atom is 0.146 e. The minimum absolute atomic E-state index is 0.561. The second-order valence-corrected chi connectivity index (χ2v) is 4.08. The monoisotopic (exact) mass is 243 g/mol. The predicted molar refractivity (Wildman–Crippen MR) is 67.4 cm³/mol. The van der Waals surface area contributed by atoms with Gasteiger partial charge in [-0.05, 0) is 42.8 Å². The van der Waals surface area contributed by atoms with Crippen LogP contribution >= 0.6 is 11.6 Å². The lowest BCUT2D eigenvalue weighted by molar-refractivity contribution is 0.482. The summed E-state index contributed by atoms with van der Waals surface area (Å²) in [5.41, 5.74) is 1.64. The van der Waals surface area contributed by atoms with E-state index in [0.29, 0.717) is 22.1 Å². The molecule has 0 aliphatic rings. The standard InChI is InChI=1S/C14H10ClNO/c1-10-5-6-14(13(15)7-10)17-12-4-2-3-11(8-12)9-16/h2-8H,1H3. The van der Waals surface area contributed by atoms with Gasteiger partial charge in [0.15, 0.2) is 0 Å². The number of hydrogen-bond acceptors (Lipinski definition) is 2. The van der Waals surface area contributed by atoms with Crippen molar-refractivity contribution in [2.75, 3.05) is 0 Å². The van der Waals surface area contributed by atoms with Crippen LogP contribution in [-0.4, -0.2) is 0 Å². The summed E-state index contributed by atoms with van der Waals surface area (Å²) in [6.45, 7) is 1.96. The topological polar surface area (TPSA) is 33.0 Å². The summed E-state index contributed by atoms with van der Waals surface area (Å²) in [6, 6.07) is 14.6. The van der Waals surface area contributed by atoms with Crippen LogP contribution < -0.4 is 4.74 Å². The second kappa shape index (κ2) is 4.90. The third-order valence-electron chi connectivity index (χ3n) is 2.28. The Morgan fingerprint density at radius 2 is 2.00 bits per heavy atom. The van der Waals surface area contributed by atoms with Gasteiger partial charge < -0.3 is 4.74 Å². The fourth-order valence-corrected chi connectivity index (χ4v) is 1.72. The van der Waals surface area contributed by atoms with Gasteiger partial charge in [0.1, 0.15) is 11.5 Å². The van der Waals surface area contributed by atoms with Gasteiger partial charge in [0, 0.05) is 0 Å². The fourth-order valence-electron chi connectivity index (χ4n) is 1.44. The van der Waals surface area contributed by atoms with Crippen molar-refractivity contribution in [1.82, 2.24) is 0 Å². The largest absolute Gasteiger partial charge is 0.456 e. The molecule has 17 heavy (non-hydrogen) atoms. The third kappa shape index (κ3) is 2.77. The summed E-state index contributed by atoms with van der Waals surface area (Å²) in [4.78, 5) is 0. The normalized spacial score (nSPS) is 9.71. The molecule has 0 radical (unpaired) electrons. The molecule has 0 saturated heterocycles. The first-order valence-electron chi connectivity index (χ1n) is 5.13. The van der Waals surface area contributed by atoms with Crippen LogP contribution in [0, 0.1) is 18.3 Å². The van der Waals surface area contributed by atoms with Crippen LogP contribution in [0.5, 0.6) is 11.5 Å². The number of ether oxygens (including phenoxy) is 1. The molecule has 84 valence electrons. The van der Waals surface area contributed by atoms with E-state index < -0.39 is 0 Å². The van der Waals surface area contributed by atoms with Crippen molar-refractivity contribution in [3.8, 4) is 17.6 Å². The molecule has 0 heterocycles. The van der Waals surface area contributed by atoms with Crippen LogP contribution in [0.4, 0.5) is 0 Å². The molecule has 0 spiro atoms. The van der Waals surface area contributed by atoms with Gasteiger partial charge in [-0.15, -0.1) is 0 Å². The Morgan fingerprint density at radius 3 is 2.71 bits per heavy atom. The van der Waals surface area contributed by atoms with Crippen molar-refractivity contribution >= 4 is 11.6 Å². The lowest BCUT2D eigenvalue weighted by atomic mass is 10.2. The molecule has 0 aliphatic carbocycles. The molecule has 2 nitrogen and oxygen atoms in total. The van der Waals surface area contributed by atoms with E-state index in [-0.39, 0.29) is 0 Å². The summed E-state index contributed by atoms with van der Waals surface area (Å²) in [5.74, 6) is 1.20. The molecule has 0 unspecified atom stereocenters. The van der Waals surface area contributed by atoms with Crippen LogP contribution in [-0.2, 0) is 0 Å². The molecule has 0 saturated carbocycles. The molecule has 0 aromatic heterocycles. The maximum absolute atomic E-state index is 8.79. The quantitative estimate of drug-likeness (QED) is 0.787. The summed E-state index contributed by atoms with van der Waals surface area (Å²) >= 11 is 6.06. The van der Waals surface area contributed by atoms with E-state index in [1.165, 1.54) is 0 Å². The van der Waals surface area contributed by atoms with Gasteiger partial charge >= 0.3 is 0 Å². The van der Waals surface area contributed by atoms with Gasteiger partial charge in [-0.25, -0.2) is 0 Å². The third-order valence-corrected chi connectivity index (χ3v) is 2.57. The first kappa shape index (κ1) is 11.5. The number of aryl methyl sites for hydroxylation is 1. The molecular formula is C14H10ClNO. The Bertz CT molecular complexity index is 587. The van der Waals surface area contributed by atoms with E-state index >= 15 is 0 Å². The van der Waals surface area contributed by atoms with Gasteiger partial charge in [0.2, 0.25) is 0 Å². The molecule has 3 heteroatoms. The van der Waals surface area contributed by atoms with Crippen molar-refractivity contribution < 1.29 is 4.74 Å². The van der Waals surface area contributed by atoms with Crippen LogP contribution in [0.25, 0.3) is 0 Å². The van der Waals surface area contributed by atoms with Crippen molar-refractivity contribution in [2.24, 2.45) is 0 Å². The summed E-state index contributed by atoms with van der Waals surface area (Å²) < 4.78 is 5.62. The number of hydrogen-bond donors (Lipinski definition) is 0. The van der Waals surface area contributed by atoms with E-state index in [4.69, 9.17) is 21.6 Å². The van der Waals surface area contributed by atoms with Gasteiger partial charge in [-0.3, -0.25) is 0 Å². The van der Waals surface area contributed by atoms with Crippen LogP contribution in [0.3, 0.4) is 0 Å². The number of benzene rings is 2. The minimum atomic E-state index is 0.561. The number of rotatable bonds is 2. The molecule has 0 atom stereocenters. The average Bonchev–Trinajstić information content (AvgIpc) is 2.33. The summed E-state index contributed by atoms with van der Waals surface area (Å²) in [6.07, 6.45) is 0. The first-order valence-corrected chi connectivity index (χ1v) is 5.51. The highest BCUT2D eigenvalue weighted by molar-refractivity contribution is 6.32. The fraction of sp³-hybridized carbons (Fsp3) is 0.0714. The highest BCUT2D eigenvalue weighted by atomic mass is 35.5. The first-order chi connectivity index (χ1) is 8.19. The summed E-state index contributed by atoms with van der Waals surface area (Å²) in [7, 11) is 0. The second-order valence-electron chi connectivity index (χ2n) is 3.68. The van der Waals surface area contributed by atoms with E-state index in [9.17, 15) is 0 Å². The molecule has 2 aromatic rings. The average molecular weight is 244 g/mol. The zero-order valence-electron chi connectivity index (χ0n) is 9.27. The highest BCUT2D eigenvalue weighted by Gasteiger charge is 2.03. The van der Waals surface area contributed by atoms with Gasteiger partial charge in [-0.1, -0.05) is 23.7 Å². The Labute approximate surface area is 105 Å². The molecule has 0 N–H and O–H groups in total. The van der Waals surface area contributed by atoms with Crippen molar-refractivity contribution in [3.05, 3.63) is 58.6 Å². The van der Waals surface area contributed by atoms with E-state index in [0.717, 1.165) is 5.56 Å². The van der Waals surface area contributed by atoms with Gasteiger partial charge in [0.25, 0.3) is 0 Å².